The Balaban J connectivity index is 1.70. The standard InChI is InChI=1S/C14H11N3O2S2/c18-17(19)13-5-4-12(21-13)9-16-11-3-1-2-10(8-11)14-15-6-7-20-14/h1-8,16H,9H2. The van der Waals surface area contributed by atoms with Crippen molar-refractivity contribution < 1.29 is 4.92 Å². The molecular weight excluding hydrogens is 306 g/mol. The van der Waals surface area contributed by atoms with E-state index < -0.39 is 0 Å². The van der Waals surface area contributed by atoms with Crippen molar-refractivity contribution in [2.45, 2.75) is 6.54 Å². The Bertz CT molecular complexity index is 753. The fourth-order valence-corrected chi connectivity index (χ4v) is 3.27. The van der Waals surface area contributed by atoms with Crippen molar-refractivity contribution in [1.82, 2.24) is 4.98 Å². The van der Waals surface area contributed by atoms with Crippen LogP contribution in [0.5, 0.6) is 0 Å². The Hall–Kier alpha value is -2.25. The van der Waals surface area contributed by atoms with Crippen molar-refractivity contribution >= 4 is 33.4 Å². The Morgan fingerprint density at radius 3 is 2.90 bits per heavy atom. The van der Waals surface area contributed by atoms with Gasteiger partial charge in [-0.15, -0.1) is 11.3 Å². The summed E-state index contributed by atoms with van der Waals surface area (Å²) in [6.45, 7) is 0.569. The van der Waals surface area contributed by atoms with Crippen molar-refractivity contribution in [2.75, 3.05) is 5.32 Å². The molecule has 5 nitrogen and oxygen atoms in total. The van der Waals surface area contributed by atoms with Crippen molar-refractivity contribution in [2.24, 2.45) is 0 Å². The van der Waals surface area contributed by atoms with Crippen LogP contribution in [-0.4, -0.2) is 9.91 Å². The van der Waals surface area contributed by atoms with E-state index in [4.69, 9.17) is 0 Å². The van der Waals surface area contributed by atoms with Crippen molar-refractivity contribution in [3.8, 4) is 10.6 Å². The summed E-state index contributed by atoms with van der Waals surface area (Å²) in [5.41, 5.74) is 2.03. The van der Waals surface area contributed by atoms with Gasteiger partial charge >= 0.3 is 5.00 Å². The fourth-order valence-electron chi connectivity index (χ4n) is 1.88. The molecule has 0 spiro atoms. The molecule has 3 rings (SSSR count). The van der Waals surface area contributed by atoms with E-state index in [0.717, 1.165) is 21.1 Å². The summed E-state index contributed by atoms with van der Waals surface area (Å²) < 4.78 is 0. The molecule has 0 atom stereocenters. The van der Waals surface area contributed by atoms with Gasteiger partial charge in [-0.1, -0.05) is 23.5 Å². The molecule has 0 saturated heterocycles. The molecule has 0 radical (unpaired) electrons. The van der Waals surface area contributed by atoms with Crippen LogP contribution in [0.2, 0.25) is 0 Å². The zero-order valence-electron chi connectivity index (χ0n) is 10.9. The first-order chi connectivity index (χ1) is 10.2. The summed E-state index contributed by atoms with van der Waals surface area (Å²) in [4.78, 5) is 15.5. The molecule has 7 heteroatoms. The van der Waals surface area contributed by atoms with Gasteiger partial charge in [-0.2, -0.15) is 0 Å². The first kappa shape index (κ1) is 13.7. The number of hydrogen-bond donors (Lipinski definition) is 1. The number of anilines is 1. The number of nitrogens with one attached hydrogen (secondary N) is 1. The molecule has 0 fully saturated rings. The first-order valence-corrected chi connectivity index (χ1v) is 7.89. The second-order valence-electron chi connectivity index (χ2n) is 4.27. The smallest absolute Gasteiger partial charge is 0.324 e. The van der Waals surface area contributed by atoms with Crippen molar-refractivity contribution in [3.05, 3.63) is 63.0 Å². The number of aromatic nitrogens is 1. The SMILES string of the molecule is O=[N+]([O-])c1ccc(CNc2cccc(-c3nccs3)c2)s1. The number of thiazole rings is 1. The molecule has 1 N–H and O–H groups in total. The minimum Gasteiger partial charge on any atom is -0.380 e. The van der Waals surface area contributed by atoms with Gasteiger partial charge in [0.1, 0.15) is 5.01 Å². The molecule has 3 aromatic rings. The molecule has 0 unspecified atom stereocenters. The molecule has 0 aliphatic heterocycles. The number of nitrogens with zero attached hydrogens (tertiary/aromatic N) is 2. The van der Waals surface area contributed by atoms with Gasteiger partial charge in [-0.25, -0.2) is 4.98 Å². The number of rotatable bonds is 5. The quantitative estimate of drug-likeness (QED) is 0.559. The average Bonchev–Trinajstić information content (AvgIpc) is 3.17. The first-order valence-electron chi connectivity index (χ1n) is 6.19. The highest BCUT2D eigenvalue weighted by Gasteiger charge is 2.09. The summed E-state index contributed by atoms with van der Waals surface area (Å²) >= 11 is 2.78. The Labute approximate surface area is 129 Å². The normalized spacial score (nSPS) is 10.5. The summed E-state index contributed by atoms with van der Waals surface area (Å²) in [6.07, 6.45) is 1.78. The molecule has 0 bridgehead atoms. The zero-order valence-corrected chi connectivity index (χ0v) is 12.5. The van der Waals surface area contributed by atoms with Crippen LogP contribution in [-0.2, 0) is 6.54 Å². The second-order valence-corrected chi connectivity index (χ2v) is 6.31. The zero-order chi connectivity index (χ0) is 14.7. The molecule has 21 heavy (non-hydrogen) atoms. The highest BCUT2D eigenvalue weighted by molar-refractivity contribution is 7.15. The van der Waals surface area contributed by atoms with Gasteiger partial charge in [0.2, 0.25) is 0 Å². The lowest BCUT2D eigenvalue weighted by molar-refractivity contribution is -0.380. The van der Waals surface area contributed by atoms with Crippen molar-refractivity contribution in [1.29, 1.82) is 0 Å². The number of thiophene rings is 1. The van der Waals surface area contributed by atoms with E-state index in [1.165, 1.54) is 17.4 Å². The molecule has 106 valence electrons. The van der Waals surface area contributed by atoms with E-state index in [-0.39, 0.29) is 9.92 Å². The van der Waals surface area contributed by atoms with E-state index in [0.29, 0.717) is 6.54 Å². The van der Waals surface area contributed by atoms with Crippen LogP contribution in [0.25, 0.3) is 10.6 Å². The predicted octanol–water partition coefficient (Wildman–Crippen LogP) is 4.39. The molecule has 0 aliphatic carbocycles. The van der Waals surface area contributed by atoms with E-state index in [2.05, 4.69) is 10.3 Å². The Morgan fingerprint density at radius 1 is 1.29 bits per heavy atom. The molecule has 2 heterocycles. The maximum absolute atomic E-state index is 10.7. The lowest BCUT2D eigenvalue weighted by Crippen LogP contribution is -1.97. The number of benzene rings is 1. The third-order valence-electron chi connectivity index (χ3n) is 2.84. The van der Waals surface area contributed by atoms with Gasteiger partial charge in [0.25, 0.3) is 0 Å². The maximum atomic E-state index is 10.7. The van der Waals surface area contributed by atoms with Crippen LogP contribution in [0, 0.1) is 10.1 Å². The van der Waals surface area contributed by atoms with Crippen LogP contribution >= 0.6 is 22.7 Å². The third-order valence-corrected chi connectivity index (χ3v) is 4.70. The maximum Gasteiger partial charge on any atom is 0.324 e. The number of nitro groups is 1. The lowest BCUT2D eigenvalue weighted by Gasteiger charge is -2.06. The molecule has 1 aromatic carbocycles. The summed E-state index contributed by atoms with van der Waals surface area (Å²) in [6, 6.07) is 11.3. The van der Waals surface area contributed by atoms with Gasteiger partial charge in [0.05, 0.1) is 4.92 Å². The average molecular weight is 317 g/mol. The van der Waals surface area contributed by atoms with Gasteiger partial charge < -0.3 is 5.32 Å². The predicted molar refractivity (Wildman–Crippen MR) is 85.9 cm³/mol. The molecule has 0 saturated carbocycles. The van der Waals surface area contributed by atoms with E-state index in [1.807, 2.05) is 29.6 Å². The third kappa shape index (κ3) is 3.26. The van der Waals surface area contributed by atoms with Gasteiger partial charge in [-0.05, 0) is 18.2 Å². The van der Waals surface area contributed by atoms with E-state index in [1.54, 1.807) is 23.6 Å². The van der Waals surface area contributed by atoms with Crippen LogP contribution in [0.1, 0.15) is 4.88 Å². The molecular formula is C14H11N3O2S2. The Kier molecular flexibility index (Phi) is 3.94. The lowest BCUT2D eigenvalue weighted by atomic mass is 10.2. The summed E-state index contributed by atoms with van der Waals surface area (Å²) in [7, 11) is 0. The van der Waals surface area contributed by atoms with Gasteiger partial charge in [-0.3, -0.25) is 10.1 Å². The minimum absolute atomic E-state index is 0.170. The topological polar surface area (TPSA) is 68.1 Å². The van der Waals surface area contributed by atoms with Crippen LogP contribution in [0.15, 0.2) is 48.0 Å². The molecule has 0 aliphatic rings. The van der Waals surface area contributed by atoms with Gasteiger partial charge in [0.15, 0.2) is 0 Å². The van der Waals surface area contributed by atoms with E-state index >= 15 is 0 Å². The van der Waals surface area contributed by atoms with Gasteiger partial charge in [0, 0.05) is 40.3 Å². The highest BCUT2D eigenvalue weighted by atomic mass is 32.1. The Morgan fingerprint density at radius 2 is 2.19 bits per heavy atom. The van der Waals surface area contributed by atoms with Crippen LogP contribution in [0.3, 0.4) is 0 Å². The largest absolute Gasteiger partial charge is 0.380 e. The number of hydrogen-bond acceptors (Lipinski definition) is 6. The second kappa shape index (κ2) is 6.02. The minimum atomic E-state index is -0.364. The van der Waals surface area contributed by atoms with Crippen LogP contribution in [0.4, 0.5) is 10.7 Å². The monoisotopic (exact) mass is 317 g/mol. The molecule has 2 aromatic heterocycles. The summed E-state index contributed by atoms with van der Waals surface area (Å²) in [5, 5.41) is 17.0. The van der Waals surface area contributed by atoms with Crippen molar-refractivity contribution in [3.63, 3.8) is 0 Å². The fraction of sp³-hybridized carbons (Fsp3) is 0.0714. The van der Waals surface area contributed by atoms with Crippen LogP contribution < -0.4 is 5.32 Å². The highest BCUT2D eigenvalue weighted by Crippen LogP contribution is 2.27. The van der Waals surface area contributed by atoms with E-state index in [9.17, 15) is 10.1 Å². The summed E-state index contributed by atoms with van der Waals surface area (Å²) in [5.74, 6) is 0. The molecule has 0 amide bonds.